The third kappa shape index (κ3) is 2.81. The molecule has 112 valence electrons. The van der Waals surface area contributed by atoms with Crippen LogP contribution in [0.5, 0.6) is 0 Å². The second-order valence-corrected chi connectivity index (χ2v) is 7.19. The Morgan fingerprint density at radius 2 is 1.95 bits per heavy atom. The molecule has 3 rings (SSSR count). The smallest absolute Gasteiger partial charge is 0.207 e. The first-order valence-corrected chi connectivity index (χ1v) is 8.51. The van der Waals surface area contributed by atoms with E-state index >= 15 is 0 Å². The molecule has 0 spiro atoms. The summed E-state index contributed by atoms with van der Waals surface area (Å²) in [5, 5.41) is 8.34. The van der Waals surface area contributed by atoms with Crippen LogP contribution in [-0.4, -0.2) is 40.3 Å². The van der Waals surface area contributed by atoms with E-state index in [1.807, 2.05) is 0 Å². The number of sulfonamides is 1. The van der Waals surface area contributed by atoms with E-state index in [1.54, 1.807) is 36.7 Å². The maximum Gasteiger partial charge on any atom is 0.244 e. The highest BCUT2D eigenvalue weighted by Gasteiger charge is 2.36. The van der Waals surface area contributed by atoms with Crippen LogP contribution in [0.15, 0.2) is 41.6 Å². The van der Waals surface area contributed by atoms with Gasteiger partial charge in [0.15, 0.2) is 0 Å². The van der Waals surface area contributed by atoms with Gasteiger partial charge in [-0.15, -0.1) is 0 Å². The molecule has 0 radical (unpaired) electrons. The number of halogens is 1. The van der Waals surface area contributed by atoms with Crippen LogP contribution in [0.25, 0.3) is 0 Å². The van der Waals surface area contributed by atoms with Gasteiger partial charge in [-0.3, -0.25) is 0 Å². The number of hydrogen-bond acceptors (Lipinski definition) is 4. The number of benzene rings is 1. The zero-order chi connectivity index (χ0) is 14.9. The Kier molecular flexibility index (Phi) is 3.97. The van der Waals surface area contributed by atoms with Crippen molar-refractivity contribution < 1.29 is 8.42 Å². The molecule has 2 heterocycles. The Balaban J connectivity index is 1.89. The van der Waals surface area contributed by atoms with E-state index in [-0.39, 0.29) is 16.0 Å². The lowest BCUT2D eigenvalue weighted by Gasteiger charge is -2.24. The third-order valence-electron chi connectivity index (χ3n) is 3.59. The van der Waals surface area contributed by atoms with Crippen molar-refractivity contribution in [2.45, 2.75) is 30.3 Å². The first-order valence-electron chi connectivity index (χ1n) is 6.69. The van der Waals surface area contributed by atoms with E-state index in [0.717, 1.165) is 12.8 Å². The predicted molar refractivity (Wildman–Crippen MR) is 78.4 cm³/mol. The molecule has 0 amide bonds. The van der Waals surface area contributed by atoms with Crippen LogP contribution in [0.3, 0.4) is 0 Å². The van der Waals surface area contributed by atoms with Gasteiger partial charge < -0.3 is 0 Å². The fourth-order valence-electron chi connectivity index (χ4n) is 2.61. The second-order valence-electron chi connectivity index (χ2n) is 4.93. The Hall–Kier alpha value is -1.44. The van der Waals surface area contributed by atoms with Gasteiger partial charge in [-0.25, -0.2) is 8.42 Å². The average Bonchev–Trinajstić information content (AvgIpc) is 3.11. The van der Waals surface area contributed by atoms with E-state index in [4.69, 9.17) is 11.6 Å². The molecule has 1 aromatic heterocycles. The normalized spacial score (nSPS) is 20.0. The van der Waals surface area contributed by atoms with Crippen molar-refractivity contribution in [3.63, 3.8) is 0 Å². The molecule has 1 fully saturated rings. The van der Waals surface area contributed by atoms with Gasteiger partial charge in [0, 0.05) is 12.6 Å². The van der Waals surface area contributed by atoms with Crippen LogP contribution in [-0.2, 0) is 16.6 Å². The Morgan fingerprint density at radius 1 is 1.24 bits per heavy atom. The molecule has 21 heavy (non-hydrogen) atoms. The summed E-state index contributed by atoms with van der Waals surface area (Å²) in [6.45, 7) is 0.955. The number of aromatic nitrogens is 3. The second kappa shape index (κ2) is 5.75. The molecule has 2 aromatic rings. The molecule has 1 unspecified atom stereocenters. The van der Waals surface area contributed by atoms with E-state index < -0.39 is 10.0 Å². The Bertz CT molecular complexity index is 718. The van der Waals surface area contributed by atoms with E-state index in [0.29, 0.717) is 13.1 Å². The summed E-state index contributed by atoms with van der Waals surface area (Å²) < 4.78 is 27.1. The molecule has 1 aliphatic rings. The largest absolute Gasteiger partial charge is 0.244 e. The van der Waals surface area contributed by atoms with Crippen LogP contribution in [0.1, 0.15) is 12.8 Å². The molecule has 0 N–H and O–H groups in total. The van der Waals surface area contributed by atoms with Crippen LogP contribution in [0.4, 0.5) is 0 Å². The molecule has 8 heteroatoms. The number of nitrogens with zero attached hydrogens (tertiary/aromatic N) is 4. The number of rotatable bonds is 4. The van der Waals surface area contributed by atoms with Gasteiger partial charge in [0.2, 0.25) is 10.0 Å². The summed E-state index contributed by atoms with van der Waals surface area (Å²) in [4.78, 5) is 1.68. The summed E-state index contributed by atoms with van der Waals surface area (Å²) in [6, 6.07) is 6.39. The summed E-state index contributed by atoms with van der Waals surface area (Å²) in [5.41, 5.74) is 0. The quantitative estimate of drug-likeness (QED) is 0.859. The highest BCUT2D eigenvalue weighted by Crippen LogP contribution is 2.30. The van der Waals surface area contributed by atoms with Gasteiger partial charge in [0.05, 0.1) is 24.0 Å². The molecule has 1 aliphatic heterocycles. The SMILES string of the molecule is O=S(=O)(c1ccccc1Cl)N1CCCC1Cn1nccn1. The maximum absolute atomic E-state index is 12.8. The van der Waals surface area contributed by atoms with Gasteiger partial charge in [0.1, 0.15) is 4.90 Å². The van der Waals surface area contributed by atoms with Crippen LogP contribution in [0, 0.1) is 0 Å². The third-order valence-corrected chi connectivity index (χ3v) is 6.04. The first-order chi connectivity index (χ1) is 10.1. The van der Waals surface area contributed by atoms with Crippen molar-refractivity contribution >= 4 is 21.6 Å². The molecule has 1 aromatic carbocycles. The van der Waals surface area contributed by atoms with Gasteiger partial charge in [-0.1, -0.05) is 23.7 Å². The van der Waals surface area contributed by atoms with Crippen molar-refractivity contribution in [2.24, 2.45) is 0 Å². The van der Waals surface area contributed by atoms with Crippen molar-refractivity contribution in [1.29, 1.82) is 0 Å². The summed E-state index contributed by atoms with van der Waals surface area (Å²) >= 11 is 6.04. The van der Waals surface area contributed by atoms with Gasteiger partial charge in [0.25, 0.3) is 0 Å². The van der Waals surface area contributed by atoms with Crippen LogP contribution >= 0.6 is 11.6 Å². The fraction of sp³-hybridized carbons (Fsp3) is 0.385. The topological polar surface area (TPSA) is 68.1 Å². The molecule has 0 bridgehead atoms. The summed E-state index contributed by atoms with van der Waals surface area (Å²) in [5.74, 6) is 0. The predicted octanol–water partition coefficient (Wildman–Crippen LogP) is 1.78. The van der Waals surface area contributed by atoms with Crippen LogP contribution < -0.4 is 0 Å². The average molecular weight is 327 g/mol. The minimum atomic E-state index is -3.59. The van der Waals surface area contributed by atoms with E-state index in [9.17, 15) is 8.42 Å². The van der Waals surface area contributed by atoms with Gasteiger partial charge in [-0.2, -0.15) is 19.3 Å². The van der Waals surface area contributed by atoms with Gasteiger partial charge in [-0.05, 0) is 25.0 Å². The lowest BCUT2D eigenvalue weighted by Crippen LogP contribution is -2.38. The molecular weight excluding hydrogens is 312 g/mol. The molecule has 1 saturated heterocycles. The molecule has 0 aliphatic carbocycles. The maximum atomic E-state index is 12.8. The minimum absolute atomic E-state index is 0.140. The Labute approximate surface area is 128 Å². The van der Waals surface area contributed by atoms with Crippen LogP contribution in [0.2, 0.25) is 5.02 Å². The van der Waals surface area contributed by atoms with E-state index in [2.05, 4.69) is 10.2 Å². The summed E-state index contributed by atoms with van der Waals surface area (Å²) in [6.07, 6.45) is 4.80. The molecular formula is C13H15ClN4O2S. The first kappa shape index (κ1) is 14.5. The minimum Gasteiger partial charge on any atom is -0.207 e. The van der Waals surface area contributed by atoms with Crippen molar-refractivity contribution in [3.05, 3.63) is 41.7 Å². The monoisotopic (exact) mass is 326 g/mol. The Morgan fingerprint density at radius 3 is 2.67 bits per heavy atom. The standard InChI is InChI=1S/C13H15ClN4O2S/c14-12-5-1-2-6-13(12)21(19,20)17-9-3-4-11(17)10-18-15-7-8-16-18/h1-2,5-8,11H,3-4,9-10H2. The zero-order valence-electron chi connectivity index (χ0n) is 11.3. The fourth-order valence-corrected chi connectivity index (χ4v) is 4.79. The zero-order valence-corrected chi connectivity index (χ0v) is 12.8. The highest BCUT2D eigenvalue weighted by molar-refractivity contribution is 7.89. The lowest BCUT2D eigenvalue weighted by molar-refractivity contribution is 0.326. The highest BCUT2D eigenvalue weighted by atomic mass is 35.5. The van der Waals surface area contributed by atoms with E-state index in [1.165, 1.54) is 9.10 Å². The lowest BCUT2D eigenvalue weighted by atomic mass is 10.2. The summed E-state index contributed by atoms with van der Waals surface area (Å²) in [7, 11) is -3.59. The van der Waals surface area contributed by atoms with Crippen molar-refractivity contribution in [2.75, 3.05) is 6.54 Å². The molecule has 6 nitrogen and oxygen atoms in total. The number of hydrogen-bond donors (Lipinski definition) is 0. The van der Waals surface area contributed by atoms with Crippen molar-refractivity contribution in [1.82, 2.24) is 19.3 Å². The molecule has 1 atom stereocenters. The molecule has 0 saturated carbocycles. The van der Waals surface area contributed by atoms with Crippen molar-refractivity contribution in [3.8, 4) is 0 Å². The van der Waals surface area contributed by atoms with Gasteiger partial charge >= 0.3 is 0 Å².